The third-order valence-corrected chi connectivity index (χ3v) is 3.47. The van der Waals surface area contributed by atoms with Crippen LogP contribution in [0.3, 0.4) is 0 Å². The second kappa shape index (κ2) is 4.00. The Morgan fingerprint density at radius 1 is 1.47 bits per heavy atom. The SMILES string of the molecule is NCCc1cc(=O)n2[nH]c(C3CCC3)cc2n1. The fourth-order valence-electron chi connectivity index (χ4n) is 2.26. The quantitative estimate of drug-likeness (QED) is 0.821. The van der Waals surface area contributed by atoms with Crippen molar-refractivity contribution in [3.8, 4) is 0 Å². The maximum absolute atomic E-state index is 11.9. The lowest BCUT2D eigenvalue weighted by molar-refractivity contribution is 0.409. The molecule has 0 amide bonds. The monoisotopic (exact) mass is 232 g/mol. The molecular weight excluding hydrogens is 216 g/mol. The van der Waals surface area contributed by atoms with Crippen molar-refractivity contribution in [2.75, 3.05) is 6.54 Å². The first kappa shape index (κ1) is 10.5. The zero-order valence-electron chi connectivity index (χ0n) is 9.65. The maximum atomic E-state index is 11.9. The number of aromatic nitrogens is 3. The highest BCUT2D eigenvalue weighted by atomic mass is 16.1. The lowest BCUT2D eigenvalue weighted by atomic mass is 9.83. The molecule has 0 bridgehead atoms. The van der Waals surface area contributed by atoms with Gasteiger partial charge in [-0.1, -0.05) is 6.42 Å². The molecular formula is C12H16N4O. The molecule has 0 radical (unpaired) electrons. The van der Waals surface area contributed by atoms with Crippen LogP contribution in [-0.4, -0.2) is 21.1 Å². The van der Waals surface area contributed by atoms with Gasteiger partial charge in [0.2, 0.25) is 0 Å². The Bertz CT molecular complexity index is 594. The molecule has 2 heterocycles. The third kappa shape index (κ3) is 1.76. The number of fused-ring (bicyclic) bond motifs is 1. The number of aromatic amines is 1. The van der Waals surface area contributed by atoms with Crippen LogP contribution in [0.25, 0.3) is 5.65 Å². The normalized spacial score (nSPS) is 16.3. The van der Waals surface area contributed by atoms with Crippen molar-refractivity contribution in [1.29, 1.82) is 0 Å². The molecule has 0 spiro atoms. The summed E-state index contributed by atoms with van der Waals surface area (Å²) in [4.78, 5) is 16.3. The molecule has 90 valence electrons. The second-order valence-electron chi connectivity index (χ2n) is 4.66. The highest BCUT2D eigenvalue weighted by Crippen LogP contribution is 2.35. The van der Waals surface area contributed by atoms with Gasteiger partial charge in [-0.2, -0.15) is 0 Å². The summed E-state index contributed by atoms with van der Waals surface area (Å²) >= 11 is 0. The van der Waals surface area contributed by atoms with Gasteiger partial charge in [-0.3, -0.25) is 9.89 Å². The first-order valence-electron chi connectivity index (χ1n) is 6.09. The molecule has 2 aromatic heterocycles. The molecule has 17 heavy (non-hydrogen) atoms. The van der Waals surface area contributed by atoms with Crippen LogP contribution in [0.5, 0.6) is 0 Å². The summed E-state index contributed by atoms with van der Waals surface area (Å²) in [5.74, 6) is 0.578. The lowest BCUT2D eigenvalue weighted by Crippen LogP contribution is -2.17. The van der Waals surface area contributed by atoms with Gasteiger partial charge >= 0.3 is 0 Å². The highest BCUT2D eigenvalue weighted by Gasteiger charge is 2.21. The molecule has 2 aromatic rings. The van der Waals surface area contributed by atoms with E-state index >= 15 is 0 Å². The van der Waals surface area contributed by atoms with Crippen molar-refractivity contribution in [3.63, 3.8) is 0 Å². The molecule has 1 saturated carbocycles. The van der Waals surface area contributed by atoms with Gasteiger partial charge < -0.3 is 5.73 Å². The minimum Gasteiger partial charge on any atom is -0.330 e. The molecule has 5 heteroatoms. The van der Waals surface area contributed by atoms with Gasteiger partial charge in [-0.25, -0.2) is 9.50 Å². The average Bonchev–Trinajstić information content (AvgIpc) is 2.59. The van der Waals surface area contributed by atoms with Crippen LogP contribution in [0.4, 0.5) is 0 Å². The summed E-state index contributed by atoms with van der Waals surface area (Å²) < 4.78 is 1.52. The van der Waals surface area contributed by atoms with E-state index in [1.54, 1.807) is 6.07 Å². The van der Waals surface area contributed by atoms with E-state index in [2.05, 4.69) is 10.1 Å². The Balaban J connectivity index is 2.07. The third-order valence-electron chi connectivity index (χ3n) is 3.47. The van der Waals surface area contributed by atoms with Gasteiger partial charge in [0.25, 0.3) is 5.56 Å². The van der Waals surface area contributed by atoms with Crippen LogP contribution in [0.2, 0.25) is 0 Å². The maximum Gasteiger partial charge on any atom is 0.272 e. The predicted octanol–water partition coefficient (Wildman–Crippen LogP) is 0.791. The Morgan fingerprint density at radius 2 is 2.29 bits per heavy atom. The van der Waals surface area contributed by atoms with E-state index in [4.69, 9.17) is 5.73 Å². The van der Waals surface area contributed by atoms with Crippen LogP contribution in [0, 0.1) is 0 Å². The average molecular weight is 232 g/mol. The summed E-state index contributed by atoms with van der Waals surface area (Å²) in [6, 6.07) is 3.55. The number of nitrogens with one attached hydrogen (secondary N) is 1. The van der Waals surface area contributed by atoms with Gasteiger partial charge in [0.15, 0.2) is 5.65 Å². The molecule has 0 unspecified atom stereocenters. The minimum absolute atomic E-state index is 0.0518. The van der Waals surface area contributed by atoms with Gasteiger partial charge in [0, 0.05) is 35.9 Å². The van der Waals surface area contributed by atoms with Gasteiger partial charge in [-0.15, -0.1) is 0 Å². The smallest absolute Gasteiger partial charge is 0.272 e. The molecule has 0 atom stereocenters. The molecule has 0 aromatic carbocycles. The van der Waals surface area contributed by atoms with Crippen LogP contribution >= 0.6 is 0 Å². The number of nitrogens with zero attached hydrogens (tertiary/aromatic N) is 2. The van der Waals surface area contributed by atoms with Crippen molar-refractivity contribution >= 4 is 5.65 Å². The van der Waals surface area contributed by atoms with Crippen LogP contribution in [-0.2, 0) is 6.42 Å². The van der Waals surface area contributed by atoms with E-state index in [0.29, 0.717) is 24.5 Å². The molecule has 3 N–H and O–H groups in total. The van der Waals surface area contributed by atoms with Crippen LogP contribution < -0.4 is 11.3 Å². The molecule has 5 nitrogen and oxygen atoms in total. The zero-order chi connectivity index (χ0) is 11.8. The highest BCUT2D eigenvalue weighted by molar-refractivity contribution is 5.41. The molecule has 0 aliphatic heterocycles. The summed E-state index contributed by atoms with van der Waals surface area (Å²) in [7, 11) is 0. The van der Waals surface area contributed by atoms with Crippen molar-refractivity contribution < 1.29 is 0 Å². The van der Waals surface area contributed by atoms with Crippen molar-refractivity contribution in [1.82, 2.24) is 14.6 Å². The first-order valence-corrected chi connectivity index (χ1v) is 6.09. The minimum atomic E-state index is -0.0518. The van der Waals surface area contributed by atoms with Gasteiger partial charge in [0.1, 0.15) is 0 Å². The van der Waals surface area contributed by atoms with E-state index < -0.39 is 0 Å². The van der Waals surface area contributed by atoms with Crippen LogP contribution in [0.1, 0.15) is 36.6 Å². The molecule has 1 aliphatic carbocycles. The number of hydrogen-bond acceptors (Lipinski definition) is 3. The summed E-state index contributed by atoms with van der Waals surface area (Å²) in [6.45, 7) is 0.516. The van der Waals surface area contributed by atoms with Crippen LogP contribution in [0.15, 0.2) is 16.9 Å². The number of rotatable bonds is 3. The summed E-state index contributed by atoms with van der Waals surface area (Å²) in [5.41, 5.74) is 8.05. The van der Waals surface area contributed by atoms with Gasteiger partial charge in [-0.05, 0) is 19.4 Å². The molecule has 1 fully saturated rings. The van der Waals surface area contributed by atoms with E-state index in [0.717, 1.165) is 11.4 Å². The molecule has 3 rings (SSSR count). The van der Waals surface area contributed by atoms with E-state index in [9.17, 15) is 4.79 Å². The topological polar surface area (TPSA) is 76.2 Å². The predicted molar refractivity (Wildman–Crippen MR) is 65.2 cm³/mol. The Morgan fingerprint density at radius 3 is 2.94 bits per heavy atom. The Labute approximate surface area is 98.6 Å². The summed E-state index contributed by atoms with van der Waals surface area (Å²) in [6.07, 6.45) is 4.34. The van der Waals surface area contributed by atoms with E-state index in [1.165, 1.54) is 23.8 Å². The standard InChI is InChI=1S/C12H16N4O/c13-5-4-9-6-12(17)16-11(14-9)7-10(15-16)8-2-1-3-8/h6-8,15H,1-5,13H2. The number of H-pyrrole nitrogens is 1. The van der Waals surface area contributed by atoms with E-state index in [-0.39, 0.29) is 5.56 Å². The first-order chi connectivity index (χ1) is 8.28. The number of nitrogens with two attached hydrogens (primary N) is 1. The van der Waals surface area contributed by atoms with E-state index in [1.807, 2.05) is 6.07 Å². The molecule has 1 aliphatic rings. The second-order valence-corrected chi connectivity index (χ2v) is 4.66. The van der Waals surface area contributed by atoms with Crippen molar-refractivity contribution in [3.05, 3.63) is 33.9 Å². The van der Waals surface area contributed by atoms with Gasteiger partial charge in [0.05, 0.1) is 0 Å². The fraction of sp³-hybridized carbons (Fsp3) is 0.500. The zero-order valence-corrected chi connectivity index (χ0v) is 9.65. The number of hydrogen-bond donors (Lipinski definition) is 2. The molecule has 0 saturated heterocycles. The van der Waals surface area contributed by atoms with Crippen molar-refractivity contribution in [2.45, 2.75) is 31.6 Å². The Kier molecular flexibility index (Phi) is 2.48. The Hall–Kier alpha value is -1.62. The lowest BCUT2D eigenvalue weighted by Gasteiger charge is -2.23. The fourth-order valence-corrected chi connectivity index (χ4v) is 2.26. The van der Waals surface area contributed by atoms with Crippen molar-refractivity contribution in [2.24, 2.45) is 5.73 Å². The largest absolute Gasteiger partial charge is 0.330 e. The summed E-state index contributed by atoms with van der Waals surface area (Å²) in [5, 5.41) is 3.15.